The first-order chi connectivity index (χ1) is 6.84. The van der Waals surface area contributed by atoms with Crippen molar-refractivity contribution in [3.05, 3.63) is 15.9 Å². The molecular weight excluding hydrogens is 264 g/mol. The standard InChI is InChI=1S/C9H13BrN2OS/c10-7-3-9(14-6-7)12-4-8-5-13-2-1-11-8/h3,6,8,11-12H,1-2,4-5H2. The fraction of sp³-hybridized carbons (Fsp3) is 0.556. The number of thiophene rings is 1. The van der Waals surface area contributed by atoms with Crippen molar-refractivity contribution >= 4 is 32.3 Å². The van der Waals surface area contributed by atoms with Crippen LogP contribution >= 0.6 is 27.3 Å². The predicted molar refractivity (Wildman–Crippen MR) is 63.1 cm³/mol. The van der Waals surface area contributed by atoms with Crippen LogP contribution in [0.15, 0.2) is 15.9 Å². The van der Waals surface area contributed by atoms with E-state index in [0.29, 0.717) is 6.04 Å². The summed E-state index contributed by atoms with van der Waals surface area (Å²) < 4.78 is 6.50. The van der Waals surface area contributed by atoms with Gasteiger partial charge in [0.15, 0.2) is 0 Å². The summed E-state index contributed by atoms with van der Waals surface area (Å²) in [4.78, 5) is 0. The van der Waals surface area contributed by atoms with Crippen molar-refractivity contribution in [3.8, 4) is 0 Å². The Hall–Kier alpha value is -0.100. The van der Waals surface area contributed by atoms with Gasteiger partial charge in [-0.3, -0.25) is 0 Å². The first-order valence-corrected chi connectivity index (χ1v) is 6.31. The van der Waals surface area contributed by atoms with Crippen molar-refractivity contribution in [1.82, 2.24) is 5.32 Å². The Morgan fingerprint density at radius 1 is 1.71 bits per heavy atom. The fourth-order valence-corrected chi connectivity index (χ4v) is 2.71. The molecule has 0 spiro atoms. The molecule has 1 aromatic rings. The molecule has 0 aromatic carbocycles. The summed E-state index contributed by atoms with van der Waals surface area (Å²) in [7, 11) is 0. The van der Waals surface area contributed by atoms with Crippen molar-refractivity contribution in [2.75, 3.05) is 31.6 Å². The molecular formula is C9H13BrN2OS. The lowest BCUT2D eigenvalue weighted by Crippen LogP contribution is -2.45. The Morgan fingerprint density at radius 2 is 2.64 bits per heavy atom. The largest absolute Gasteiger partial charge is 0.378 e. The molecule has 14 heavy (non-hydrogen) atoms. The van der Waals surface area contributed by atoms with E-state index in [1.807, 2.05) is 0 Å². The summed E-state index contributed by atoms with van der Waals surface area (Å²) >= 11 is 5.14. The van der Waals surface area contributed by atoms with Gasteiger partial charge in [-0.2, -0.15) is 0 Å². The molecule has 2 heterocycles. The SMILES string of the molecule is Brc1csc(NCC2COCCN2)c1. The van der Waals surface area contributed by atoms with E-state index >= 15 is 0 Å². The number of hydrogen-bond donors (Lipinski definition) is 2. The maximum atomic E-state index is 5.37. The van der Waals surface area contributed by atoms with Gasteiger partial charge >= 0.3 is 0 Å². The summed E-state index contributed by atoms with van der Waals surface area (Å²) in [6, 6.07) is 2.53. The molecule has 0 amide bonds. The van der Waals surface area contributed by atoms with Crippen LogP contribution in [0.3, 0.4) is 0 Å². The quantitative estimate of drug-likeness (QED) is 0.885. The molecule has 1 aliphatic rings. The molecule has 2 N–H and O–H groups in total. The highest BCUT2D eigenvalue weighted by Crippen LogP contribution is 2.24. The maximum Gasteiger partial charge on any atom is 0.0894 e. The Kier molecular flexibility index (Phi) is 3.81. The Labute approximate surface area is 96.0 Å². The minimum Gasteiger partial charge on any atom is -0.378 e. The van der Waals surface area contributed by atoms with Crippen molar-refractivity contribution in [1.29, 1.82) is 0 Å². The van der Waals surface area contributed by atoms with Crippen LogP contribution in [-0.4, -0.2) is 32.3 Å². The highest BCUT2D eigenvalue weighted by molar-refractivity contribution is 9.10. The van der Waals surface area contributed by atoms with E-state index in [1.165, 1.54) is 5.00 Å². The van der Waals surface area contributed by atoms with Gasteiger partial charge in [-0.15, -0.1) is 11.3 Å². The van der Waals surface area contributed by atoms with Crippen LogP contribution in [0.2, 0.25) is 0 Å². The molecule has 0 radical (unpaired) electrons. The van der Waals surface area contributed by atoms with Gasteiger partial charge in [0.05, 0.1) is 18.2 Å². The number of hydrogen-bond acceptors (Lipinski definition) is 4. The monoisotopic (exact) mass is 276 g/mol. The zero-order chi connectivity index (χ0) is 9.80. The van der Waals surface area contributed by atoms with Crippen molar-refractivity contribution in [3.63, 3.8) is 0 Å². The van der Waals surface area contributed by atoms with Crippen LogP contribution in [0.5, 0.6) is 0 Å². The molecule has 0 aliphatic carbocycles. The lowest BCUT2D eigenvalue weighted by molar-refractivity contribution is 0.0807. The van der Waals surface area contributed by atoms with Gasteiger partial charge in [0.1, 0.15) is 0 Å². The van der Waals surface area contributed by atoms with E-state index in [4.69, 9.17) is 4.74 Å². The van der Waals surface area contributed by atoms with E-state index in [9.17, 15) is 0 Å². The molecule has 1 aliphatic heterocycles. The second-order valence-electron chi connectivity index (χ2n) is 3.24. The van der Waals surface area contributed by atoms with Gasteiger partial charge in [-0.25, -0.2) is 0 Å². The van der Waals surface area contributed by atoms with Gasteiger partial charge in [0.2, 0.25) is 0 Å². The first kappa shape index (κ1) is 10.4. The topological polar surface area (TPSA) is 33.3 Å². The van der Waals surface area contributed by atoms with Gasteiger partial charge < -0.3 is 15.4 Å². The number of ether oxygens (including phenoxy) is 1. The molecule has 1 saturated heterocycles. The number of morpholine rings is 1. The highest BCUT2D eigenvalue weighted by atomic mass is 79.9. The number of rotatable bonds is 3. The molecule has 2 rings (SSSR count). The lowest BCUT2D eigenvalue weighted by atomic mass is 10.3. The van der Waals surface area contributed by atoms with Crippen molar-refractivity contribution < 1.29 is 4.74 Å². The molecule has 78 valence electrons. The highest BCUT2D eigenvalue weighted by Gasteiger charge is 2.12. The van der Waals surface area contributed by atoms with Crippen LogP contribution in [0, 0.1) is 0 Å². The Balaban J connectivity index is 1.76. The van der Waals surface area contributed by atoms with E-state index in [0.717, 1.165) is 30.8 Å². The third kappa shape index (κ3) is 2.95. The average molecular weight is 277 g/mol. The van der Waals surface area contributed by atoms with Crippen molar-refractivity contribution in [2.24, 2.45) is 0 Å². The zero-order valence-electron chi connectivity index (χ0n) is 7.75. The second-order valence-corrected chi connectivity index (χ2v) is 5.06. The second kappa shape index (κ2) is 5.11. The third-order valence-electron chi connectivity index (χ3n) is 2.09. The van der Waals surface area contributed by atoms with E-state index < -0.39 is 0 Å². The van der Waals surface area contributed by atoms with Crippen molar-refractivity contribution in [2.45, 2.75) is 6.04 Å². The summed E-state index contributed by atoms with van der Waals surface area (Å²) in [5.41, 5.74) is 0. The first-order valence-electron chi connectivity index (χ1n) is 4.63. The normalized spacial score (nSPS) is 22.2. The summed E-state index contributed by atoms with van der Waals surface area (Å²) in [5.74, 6) is 0. The van der Waals surface area contributed by atoms with E-state index in [1.54, 1.807) is 11.3 Å². The van der Waals surface area contributed by atoms with E-state index in [-0.39, 0.29) is 0 Å². The Bertz CT molecular complexity index is 286. The predicted octanol–water partition coefficient (Wildman–Crippen LogP) is 1.91. The van der Waals surface area contributed by atoms with Crippen LogP contribution in [-0.2, 0) is 4.74 Å². The minimum absolute atomic E-state index is 0.435. The Morgan fingerprint density at radius 3 is 3.29 bits per heavy atom. The smallest absolute Gasteiger partial charge is 0.0894 e. The molecule has 1 unspecified atom stereocenters. The number of anilines is 1. The van der Waals surface area contributed by atoms with Gasteiger partial charge in [0, 0.05) is 29.0 Å². The van der Waals surface area contributed by atoms with Crippen LogP contribution in [0.4, 0.5) is 5.00 Å². The molecule has 0 bridgehead atoms. The van der Waals surface area contributed by atoms with E-state index in [2.05, 4.69) is 38.0 Å². The summed E-state index contributed by atoms with van der Waals surface area (Å²) in [5, 5.41) is 10.1. The fourth-order valence-electron chi connectivity index (χ4n) is 1.38. The number of nitrogens with one attached hydrogen (secondary N) is 2. The average Bonchev–Trinajstić information content (AvgIpc) is 2.63. The van der Waals surface area contributed by atoms with Crippen LogP contribution in [0.1, 0.15) is 0 Å². The van der Waals surface area contributed by atoms with Gasteiger partial charge in [-0.1, -0.05) is 0 Å². The zero-order valence-corrected chi connectivity index (χ0v) is 10.2. The van der Waals surface area contributed by atoms with Crippen LogP contribution < -0.4 is 10.6 Å². The summed E-state index contributed by atoms with van der Waals surface area (Å²) in [6.07, 6.45) is 0. The lowest BCUT2D eigenvalue weighted by Gasteiger charge is -2.23. The van der Waals surface area contributed by atoms with Gasteiger partial charge in [0.25, 0.3) is 0 Å². The molecule has 3 nitrogen and oxygen atoms in total. The maximum absolute atomic E-state index is 5.37. The van der Waals surface area contributed by atoms with Crippen LogP contribution in [0.25, 0.3) is 0 Å². The van der Waals surface area contributed by atoms with Gasteiger partial charge in [-0.05, 0) is 22.0 Å². The summed E-state index contributed by atoms with van der Waals surface area (Å²) in [6.45, 7) is 3.52. The molecule has 0 saturated carbocycles. The molecule has 1 fully saturated rings. The molecule has 5 heteroatoms. The third-order valence-corrected chi connectivity index (χ3v) is 3.74. The molecule has 1 atom stereocenters. The molecule has 1 aromatic heterocycles. The number of halogens is 1. The minimum atomic E-state index is 0.435.